The molecule has 0 saturated carbocycles. The first-order chi connectivity index (χ1) is 8.74. The maximum absolute atomic E-state index is 9.51. The lowest BCUT2D eigenvalue weighted by Crippen LogP contribution is -2.41. The van der Waals surface area contributed by atoms with Crippen LogP contribution in [0.4, 0.5) is 0 Å². The molecule has 0 amide bonds. The zero-order valence-corrected chi connectivity index (χ0v) is 13.4. The highest BCUT2D eigenvalue weighted by Crippen LogP contribution is 2.34. The fraction of sp³-hybridized carbons (Fsp3) is 0.600. The minimum atomic E-state index is 0. The van der Waals surface area contributed by atoms with Crippen molar-refractivity contribution in [2.24, 2.45) is 0 Å². The summed E-state index contributed by atoms with van der Waals surface area (Å²) in [5.41, 5.74) is 1.39. The van der Waals surface area contributed by atoms with Crippen LogP contribution in [0.3, 0.4) is 0 Å². The van der Waals surface area contributed by atoms with E-state index >= 15 is 0 Å². The Morgan fingerprint density at radius 2 is 1.95 bits per heavy atom. The van der Waals surface area contributed by atoms with Crippen LogP contribution in [0.5, 0.6) is 5.75 Å². The van der Waals surface area contributed by atoms with Crippen LogP contribution in [0, 0.1) is 0 Å². The van der Waals surface area contributed by atoms with Crippen LogP contribution in [0.1, 0.15) is 32.3 Å². The highest BCUT2D eigenvalue weighted by molar-refractivity contribution is 7.99. The van der Waals surface area contributed by atoms with Gasteiger partial charge in [-0.1, -0.05) is 19.9 Å². The molecule has 0 bridgehead atoms. The number of hydrogen-bond donors (Lipinski definition) is 1. The van der Waals surface area contributed by atoms with Crippen molar-refractivity contribution >= 4 is 24.2 Å². The van der Waals surface area contributed by atoms with E-state index in [9.17, 15) is 5.11 Å². The molecular formula is C15H24ClNOS. The molecule has 4 heteroatoms. The average molecular weight is 302 g/mol. The Kier molecular flexibility index (Phi) is 7.05. The smallest absolute Gasteiger partial charge is 0.116 e. The van der Waals surface area contributed by atoms with E-state index in [2.05, 4.69) is 24.8 Å². The lowest BCUT2D eigenvalue weighted by Gasteiger charge is -2.34. The van der Waals surface area contributed by atoms with Crippen LogP contribution in [-0.4, -0.2) is 34.9 Å². The number of thioether (sulfide) groups is 1. The van der Waals surface area contributed by atoms with Crippen molar-refractivity contribution in [3.8, 4) is 5.75 Å². The summed E-state index contributed by atoms with van der Waals surface area (Å²) in [4.78, 5) is 3.89. The average Bonchev–Trinajstić information content (AvgIpc) is 2.38. The fourth-order valence-corrected chi connectivity index (χ4v) is 3.87. The standard InChI is InChI=1S/C15H23NOS.ClH/c1-3-7-16(8-4-2)13-9-12-5-6-14(17)10-15(12)18-11-13;/h5-6,10,13,17H,3-4,7-9,11H2,1-2H3;1H. The van der Waals surface area contributed by atoms with Crippen LogP contribution < -0.4 is 0 Å². The molecule has 1 aromatic rings. The minimum absolute atomic E-state index is 0. The molecular weight excluding hydrogens is 278 g/mol. The van der Waals surface area contributed by atoms with Gasteiger partial charge in [0.15, 0.2) is 0 Å². The number of halogens is 1. The van der Waals surface area contributed by atoms with Gasteiger partial charge in [-0.15, -0.1) is 24.2 Å². The van der Waals surface area contributed by atoms with Crippen LogP contribution >= 0.6 is 24.2 Å². The number of rotatable bonds is 5. The van der Waals surface area contributed by atoms with Crippen LogP contribution in [0.2, 0.25) is 0 Å². The van der Waals surface area contributed by atoms with Crippen LogP contribution in [0.25, 0.3) is 0 Å². The molecule has 0 aliphatic carbocycles. The summed E-state index contributed by atoms with van der Waals surface area (Å²) in [6.45, 7) is 6.91. The lowest BCUT2D eigenvalue weighted by molar-refractivity contribution is 0.209. The predicted molar refractivity (Wildman–Crippen MR) is 85.7 cm³/mol. The van der Waals surface area contributed by atoms with E-state index in [0.29, 0.717) is 11.8 Å². The highest BCUT2D eigenvalue weighted by atomic mass is 35.5. The number of phenols is 1. The molecule has 1 aromatic carbocycles. The number of phenolic OH excluding ortho intramolecular Hbond substituents is 1. The van der Waals surface area contributed by atoms with E-state index < -0.39 is 0 Å². The molecule has 0 saturated heterocycles. The van der Waals surface area contributed by atoms with E-state index in [1.807, 2.05) is 23.9 Å². The molecule has 1 aliphatic rings. The van der Waals surface area contributed by atoms with Gasteiger partial charge in [-0.3, -0.25) is 4.90 Å². The molecule has 0 spiro atoms. The summed E-state index contributed by atoms with van der Waals surface area (Å²) in [5, 5.41) is 9.51. The molecule has 1 atom stereocenters. The first-order valence-corrected chi connectivity index (χ1v) is 7.91. The molecule has 2 rings (SSSR count). The first kappa shape index (κ1) is 16.7. The Balaban J connectivity index is 0.00000180. The van der Waals surface area contributed by atoms with Gasteiger partial charge in [0.2, 0.25) is 0 Å². The molecule has 1 aliphatic heterocycles. The Hall–Kier alpha value is -0.380. The normalized spacial score (nSPS) is 17.9. The number of nitrogens with zero attached hydrogens (tertiary/aromatic N) is 1. The van der Waals surface area contributed by atoms with Crippen molar-refractivity contribution in [3.63, 3.8) is 0 Å². The van der Waals surface area contributed by atoms with E-state index in [4.69, 9.17) is 0 Å². The van der Waals surface area contributed by atoms with Gasteiger partial charge in [0.25, 0.3) is 0 Å². The van der Waals surface area contributed by atoms with Crippen molar-refractivity contribution in [2.75, 3.05) is 18.8 Å². The lowest BCUT2D eigenvalue weighted by atomic mass is 10.0. The SMILES string of the molecule is CCCN(CCC)C1CSc2cc(O)ccc2C1.Cl. The Labute approximate surface area is 127 Å². The van der Waals surface area contributed by atoms with Crippen molar-refractivity contribution < 1.29 is 5.11 Å². The molecule has 2 nitrogen and oxygen atoms in total. The summed E-state index contributed by atoms with van der Waals surface area (Å²) in [6, 6.07) is 6.46. The number of benzene rings is 1. The second-order valence-electron chi connectivity index (χ2n) is 5.00. The topological polar surface area (TPSA) is 23.5 Å². The molecule has 0 aromatic heterocycles. The van der Waals surface area contributed by atoms with E-state index in [1.165, 1.54) is 36.4 Å². The maximum atomic E-state index is 9.51. The van der Waals surface area contributed by atoms with Crippen molar-refractivity contribution in [1.82, 2.24) is 4.90 Å². The molecule has 0 fully saturated rings. The summed E-state index contributed by atoms with van der Waals surface area (Å²) in [7, 11) is 0. The molecule has 1 unspecified atom stereocenters. The number of fused-ring (bicyclic) bond motifs is 1. The second kappa shape index (κ2) is 8.03. The molecule has 19 heavy (non-hydrogen) atoms. The second-order valence-corrected chi connectivity index (χ2v) is 6.06. The van der Waals surface area contributed by atoms with Gasteiger partial charge in [0, 0.05) is 16.7 Å². The van der Waals surface area contributed by atoms with E-state index in [1.54, 1.807) is 0 Å². The van der Waals surface area contributed by atoms with Gasteiger partial charge in [0.05, 0.1) is 0 Å². The zero-order valence-electron chi connectivity index (χ0n) is 11.8. The number of aromatic hydroxyl groups is 1. The van der Waals surface area contributed by atoms with E-state index in [-0.39, 0.29) is 12.4 Å². The third-order valence-electron chi connectivity index (χ3n) is 3.48. The van der Waals surface area contributed by atoms with Gasteiger partial charge < -0.3 is 5.11 Å². The van der Waals surface area contributed by atoms with Gasteiger partial charge in [-0.25, -0.2) is 0 Å². The monoisotopic (exact) mass is 301 g/mol. The van der Waals surface area contributed by atoms with Crippen LogP contribution in [-0.2, 0) is 6.42 Å². The quantitative estimate of drug-likeness (QED) is 0.890. The van der Waals surface area contributed by atoms with Crippen molar-refractivity contribution in [3.05, 3.63) is 23.8 Å². The Morgan fingerprint density at radius 1 is 1.26 bits per heavy atom. The van der Waals surface area contributed by atoms with Crippen molar-refractivity contribution in [2.45, 2.75) is 44.0 Å². The van der Waals surface area contributed by atoms with Crippen LogP contribution in [0.15, 0.2) is 23.1 Å². The van der Waals surface area contributed by atoms with Gasteiger partial charge in [-0.2, -0.15) is 0 Å². The summed E-state index contributed by atoms with van der Waals surface area (Å²) in [5.74, 6) is 1.54. The first-order valence-electron chi connectivity index (χ1n) is 6.93. The van der Waals surface area contributed by atoms with Gasteiger partial charge in [0.1, 0.15) is 5.75 Å². The summed E-state index contributed by atoms with van der Waals surface area (Å²) < 4.78 is 0. The molecule has 1 N–H and O–H groups in total. The zero-order chi connectivity index (χ0) is 13.0. The third kappa shape index (κ3) is 4.30. The number of hydrogen-bond acceptors (Lipinski definition) is 3. The molecule has 1 heterocycles. The minimum Gasteiger partial charge on any atom is -0.508 e. The van der Waals surface area contributed by atoms with Crippen molar-refractivity contribution in [1.29, 1.82) is 0 Å². The molecule has 108 valence electrons. The summed E-state index contributed by atoms with van der Waals surface area (Å²) in [6.07, 6.45) is 3.58. The summed E-state index contributed by atoms with van der Waals surface area (Å²) >= 11 is 1.89. The molecule has 0 radical (unpaired) electrons. The Bertz CT molecular complexity index is 394. The largest absolute Gasteiger partial charge is 0.508 e. The van der Waals surface area contributed by atoms with E-state index in [0.717, 1.165) is 12.2 Å². The van der Waals surface area contributed by atoms with Gasteiger partial charge >= 0.3 is 0 Å². The Morgan fingerprint density at radius 3 is 2.58 bits per heavy atom. The fourth-order valence-electron chi connectivity index (χ4n) is 2.63. The maximum Gasteiger partial charge on any atom is 0.116 e. The third-order valence-corrected chi connectivity index (χ3v) is 4.72. The highest BCUT2D eigenvalue weighted by Gasteiger charge is 2.23. The van der Waals surface area contributed by atoms with Gasteiger partial charge in [-0.05, 0) is 50.0 Å². The predicted octanol–water partition coefficient (Wildman–Crippen LogP) is 3.95.